The minimum Gasteiger partial charge on any atom is -0.368 e. The van der Waals surface area contributed by atoms with Crippen molar-refractivity contribution >= 4 is 27.3 Å². The van der Waals surface area contributed by atoms with E-state index in [1.54, 1.807) is 17.5 Å². The molecule has 1 aromatic carbocycles. The van der Waals surface area contributed by atoms with Crippen LogP contribution in [0.15, 0.2) is 52.1 Å². The maximum absolute atomic E-state index is 12.3. The summed E-state index contributed by atoms with van der Waals surface area (Å²) >= 11 is 1.20. The van der Waals surface area contributed by atoms with Crippen LogP contribution in [-0.2, 0) is 14.8 Å². The summed E-state index contributed by atoms with van der Waals surface area (Å²) in [6, 6.07) is 12.2. The van der Waals surface area contributed by atoms with Gasteiger partial charge in [-0.15, -0.1) is 11.3 Å². The number of nitrogens with two attached hydrogens (primary N) is 1. The molecular formula is C17H21N3O3S2. The third-order valence-corrected chi connectivity index (χ3v) is 7.28. The predicted octanol–water partition coefficient (Wildman–Crippen LogP) is 1.72. The van der Waals surface area contributed by atoms with Gasteiger partial charge in [0.2, 0.25) is 15.9 Å². The number of likely N-dealkylation sites (tertiary alicyclic amines) is 1. The molecule has 1 saturated heterocycles. The van der Waals surface area contributed by atoms with E-state index in [0.717, 1.165) is 5.56 Å². The molecule has 0 aliphatic carbocycles. The van der Waals surface area contributed by atoms with Crippen LogP contribution >= 0.6 is 11.3 Å². The van der Waals surface area contributed by atoms with Gasteiger partial charge in [-0.3, -0.25) is 9.69 Å². The summed E-state index contributed by atoms with van der Waals surface area (Å²) in [5.74, 6) is -0.385. The first-order valence-electron chi connectivity index (χ1n) is 8.11. The lowest BCUT2D eigenvalue weighted by Crippen LogP contribution is -2.48. The largest absolute Gasteiger partial charge is 0.368 e. The van der Waals surface area contributed by atoms with Crippen molar-refractivity contribution in [2.24, 2.45) is 5.73 Å². The third kappa shape index (κ3) is 4.27. The van der Waals surface area contributed by atoms with Gasteiger partial charge < -0.3 is 5.73 Å². The lowest BCUT2D eigenvalue weighted by atomic mass is 9.99. The molecule has 25 heavy (non-hydrogen) atoms. The van der Waals surface area contributed by atoms with Gasteiger partial charge in [0.1, 0.15) is 10.3 Å². The number of nitrogens with zero attached hydrogens (tertiary/aromatic N) is 1. The molecule has 2 heterocycles. The third-order valence-electron chi connectivity index (χ3n) is 4.36. The van der Waals surface area contributed by atoms with Crippen LogP contribution in [0.25, 0.3) is 0 Å². The number of hydrogen-bond acceptors (Lipinski definition) is 5. The quantitative estimate of drug-likeness (QED) is 0.799. The number of amides is 1. The second-order valence-corrected chi connectivity index (χ2v) is 8.97. The molecule has 0 radical (unpaired) electrons. The van der Waals surface area contributed by atoms with Crippen molar-refractivity contribution in [2.45, 2.75) is 29.1 Å². The first-order chi connectivity index (χ1) is 12.0. The molecule has 3 N–H and O–H groups in total. The summed E-state index contributed by atoms with van der Waals surface area (Å²) in [5.41, 5.74) is 6.48. The van der Waals surface area contributed by atoms with Crippen LogP contribution in [-0.4, -0.2) is 38.4 Å². The molecule has 1 fully saturated rings. The monoisotopic (exact) mass is 379 g/mol. The number of sulfonamides is 1. The van der Waals surface area contributed by atoms with E-state index in [1.807, 2.05) is 35.2 Å². The molecule has 1 amide bonds. The fraction of sp³-hybridized carbons (Fsp3) is 0.353. The Morgan fingerprint density at radius 3 is 2.40 bits per heavy atom. The van der Waals surface area contributed by atoms with Crippen LogP contribution in [0.4, 0.5) is 0 Å². The molecule has 8 heteroatoms. The molecule has 0 spiro atoms. The molecule has 1 aliphatic rings. The van der Waals surface area contributed by atoms with Gasteiger partial charge >= 0.3 is 0 Å². The van der Waals surface area contributed by atoms with E-state index < -0.39 is 16.1 Å². The Balaban J connectivity index is 1.64. The zero-order valence-corrected chi connectivity index (χ0v) is 15.3. The highest BCUT2D eigenvalue weighted by Gasteiger charge is 2.31. The number of carbonyl (C=O) groups is 1. The van der Waals surface area contributed by atoms with Gasteiger partial charge in [0.25, 0.3) is 0 Å². The number of carbonyl (C=O) groups excluding carboxylic acids is 1. The minimum atomic E-state index is -3.46. The molecule has 1 unspecified atom stereocenters. The smallest absolute Gasteiger partial charge is 0.250 e. The van der Waals surface area contributed by atoms with Gasteiger partial charge in [0.15, 0.2) is 0 Å². The Bertz CT molecular complexity index is 799. The van der Waals surface area contributed by atoms with Gasteiger partial charge in [-0.1, -0.05) is 36.4 Å². The van der Waals surface area contributed by atoms with Crippen LogP contribution in [0, 0.1) is 0 Å². The van der Waals surface area contributed by atoms with Crippen LogP contribution in [0.3, 0.4) is 0 Å². The molecule has 1 aromatic heterocycles. The first kappa shape index (κ1) is 18.1. The highest BCUT2D eigenvalue weighted by atomic mass is 32.2. The van der Waals surface area contributed by atoms with Crippen molar-refractivity contribution in [3.8, 4) is 0 Å². The lowest BCUT2D eigenvalue weighted by Gasteiger charge is -2.36. The van der Waals surface area contributed by atoms with Crippen molar-refractivity contribution in [3.05, 3.63) is 53.4 Å². The summed E-state index contributed by atoms with van der Waals surface area (Å²) < 4.78 is 27.7. The Morgan fingerprint density at radius 2 is 1.84 bits per heavy atom. The summed E-state index contributed by atoms with van der Waals surface area (Å²) in [6.45, 7) is 1.22. The van der Waals surface area contributed by atoms with Crippen molar-refractivity contribution in [3.63, 3.8) is 0 Å². The van der Waals surface area contributed by atoms with Crippen LogP contribution in [0.5, 0.6) is 0 Å². The zero-order valence-electron chi connectivity index (χ0n) is 13.7. The topological polar surface area (TPSA) is 92.5 Å². The Labute approximate surface area is 151 Å². The maximum Gasteiger partial charge on any atom is 0.250 e. The Kier molecular flexibility index (Phi) is 5.53. The van der Waals surface area contributed by atoms with E-state index in [4.69, 9.17) is 5.73 Å². The average Bonchev–Trinajstić information content (AvgIpc) is 3.13. The second-order valence-electron chi connectivity index (χ2n) is 6.08. The van der Waals surface area contributed by atoms with Gasteiger partial charge in [-0.2, -0.15) is 0 Å². The summed E-state index contributed by atoms with van der Waals surface area (Å²) in [7, 11) is -3.46. The van der Waals surface area contributed by atoms with Crippen molar-refractivity contribution in [2.75, 3.05) is 13.1 Å². The molecule has 6 nitrogen and oxygen atoms in total. The first-order valence-corrected chi connectivity index (χ1v) is 10.5. The minimum absolute atomic E-state index is 0.132. The SMILES string of the molecule is NC(=O)C(c1ccccc1)N1CCC(NS(=O)(=O)c2cccs2)CC1. The highest BCUT2D eigenvalue weighted by molar-refractivity contribution is 7.91. The molecule has 0 saturated carbocycles. The summed E-state index contributed by atoms with van der Waals surface area (Å²) in [4.78, 5) is 14.0. The Hall–Kier alpha value is -1.74. The fourth-order valence-electron chi connectivity index (χ4n) is 3.16. The number of rotatable bonds is 6. The lowest BCUT2D eigenvalue weighted by molar-refractivity contribution is -0.124. The summed E-state index contributed by atoms with van der Waals surface area (Å²) in [6.07, 6.45) is 1.28. The van der Waals surface area contributed by atoms with Crippen LogP contribution < -0.4 is 10.5 Å². The standard InChI is InChI=1S/C17H21N3O3S2/c18-17(21)16(13-5-2-1-3-6-13)20-10-8-14(9-11-20)19-25(22,23)15-7-4-12-24-15/h1-7,12,14,16,19H,8-11H2,(H2,18,21). The summed E-state index contributed by atoms with van der Waals surface area (Å²) in [5, 5.41) is 1.74. The van der Waals surface area contributed by atoms with E-state index in [0.29, 0.717) is 30.1 Å². The van der Waals surface area contributed by atoms with Gasteiger partial charge in [-0.25, -0.2) is 13.1 Å². The predicted molar refractivity (Wildman–Crippen MR) is 97.6 cm³/mol. The number of primary amides is 1. The molecular weight excluding hydrogens is 358 g/mol. The zero-order chi connectivity index (χ0) is 17.9. The van der Waals surface area contributed by atoms with Gasteiger partial charge in [-0.05, 0) is 29.9 Å². The maximum atomic E-state index is 12.3. The van der Waals surface area contributed by atoms with E-state index >= 15 is 0 Å². The molecule has 2 aromatic rings. The van der Waals surface area contributed by atoms with Crippen molar-refractivity contribution in [1.82, 2.24) is 9.62 Å². The number of thiophene rings is 1. The fourth-order valence-corrected chi connectivity index (χ4v) is 5.47. The molecule has 1 aliphatic heterocycles. The van der Waals surface area contributed by atoms with E-state index in [1.165, 1.54) is 11.3 Å². The molecule has 1 atom stereocenters. The number of hydrogen-bond donors (Lipinski definition) is 2. The number of piperidine rings is 1. The molecule has 134 valence electrons. The Morgan fingerprint density at radius 1 is 1.16 bits per heavy atom. The van der Waals surface area contributed by atoms with E-state index in [9.17, 15) is 13.2 Å². The van der Waals surface area contributed by atoms with Crippen LogP contribution in [0.1, 0.15) is 24.4 Å². The van der Waals surface area contributed by atoms with Crippen LogP contribution in [0.2, 0.25) is 0 Å². The number of nitrogens with one attached hydrogen (secondary N) is 1. The molecule has 0 bridgehead atoms. The average molecular weight is 380 g/mol. The van der Waals surface area contributed by atoms with Gasteiger partial charge in [0.05, 0.1) is 0 Å². The van der Waals surface area contributed by atoms with Crippen molar-refractivity contribution < 1.29 is 13.2 Å². The normalized spacial score (nSPS) is 18.1. The van der Waals surface area contributed by atoms with Gasteiger partial charge in [0, 0.05) is 19.1 Å². The number of benzene rings is 1. The van der Waals surface area contributed by atoms with Crippen molar-refractivity contribution in [1.29, 1.82) is 0 Å². The van der Waals surface area contributed by atoms with E-state index in [-0.39, 0.29) is 11.9 Å². The second kappa shape index (κ2) is 7.65. The molecule has 3 rings (SSSR count). The highest BCUT2D eigenvalue weighted by Crippen LogP contribution is 2.25. The van der Waals surface area contributed by atoms with E-state index in [2.05, 4.69) is 4.72 Å².